The Labute approximate surface area is 228 Å². The molecule has 0 atom stereocenters. The van der Waals surface area contributed by atoms with Gasteiger partial charge in [-0.25, -0.2) is 4.98 Å². The van der Waals surface area contributed by atoms with E-state index >= 15 is 0 Å². The van der Waals surface area contributed by atoms with Crippen molar-refractivity contribution >= 4 is 17.5 Å². The molecule has 5 nitrogen and oxygen atoms in total. The van der Waals surface area contributed by atoms with Crippen molar-refractivity contribution in [2.45, 2.75) is 58.1 Å². The van der Waals surface area contributed by atoms with Crippen molar-refractivity contribution in [2.75, 3.05) is 5.32 Å². The Kier molecular flexibility index (Phi) is 8.05. The number of aromatic nitrogens is 1. The number of nitrogens with zero attached hydrogens (tertiary/aromatic N) is 2. The molecular weight excluding hydrogens is 529 g/mol. The number of pyridine rings is 1. The van der Waals surface area contributed by atoms with Gasteiger partial charge in [0.2, 0.25) is 5.91 Å². The molecule has 40 heavy (non-hydrogen) atoms. The number of anilines is 1. The highest BCUT2D eigenvalue weighted by molar-refractivity contribution is 5.98. The summed E-state index contributed by atoms with van der Waals surface area (Å²) in [5, 5.41) is 11.7. The summed E-state index contributed by atoms with van der Waals surface area (Å²) in [5.41, 5.74) is 1.36. The van der Waals surface area contributed by atoms with Crippen LogP contribution >= 0.6 is 0 Å². The van der Waals surface area contributed by atoms with Gasteiger partial charge in [-0.15, -0.1) is 0 Å². The molecule has 0 bridgehead atoms. The molecule has 1 amide bonds. The Morgan fingerprint density at radius 1 is 1.05 bits per heavy atom. The third kappa shape index (κ3) is 6.19. The van der Waals surface area contributed by atoms with Crippen molar-refractivity contribution in [3.8, 4) is 17.2 Å². The number of carbonyl (C=O) groups excluding carboxylic acids is 2. The highest BCUT2D eigenvalue weighted by Gasteiger charge is 2.58. The van der Waals surface area contributed by atoms with Gasteiger partial charge in [0.25, 0.3) is 0 Å². The molecular formula is C30H26F5N3O2. The van der Waals surface area contributed by atoms with Gasteiger partial charge < -0.3 is 5.32 Å². The van der Waals surface area contributed by atoms with E-state index in [-0.39, 0.29) is 53.1 Å². The third-order valence-electron chi connectivity index (χ3n) is 6.84. The molecule has 0 radical (unpaired) electrons. The van der Waals surface area contributed by atoms with E-state index in [1.807, 2.05) is 6.07 Å². The minimum absolute atomic E-state index is 0.0309. The number of ketones is 1. The second-order valence-corrected chi connectivity index (χ2v) is 9.87. The summed E-state index contributed by atoms with van der Waals surface area (Å²) in [7, 11) is 0. The number of nitriles is 1. The molecule has 1 heterocycles. The largest absolute Gasteiger partial charge is 0.458 e. The van der Waals surface area contributed by atoms with Gasteiger partial charge in [0.05, 0.1) is 11.6 Å². The first-order valence-corrected chi connectivity index (χ1v) is 12.8. The minimum Gasteiger partial charge on any atom is -0.310 e. The van der Waals surface area contributed by atoms with Crippen LogP contribution in [0.4, 0.5) is 27.8 Å². The van der Waals surface area contributed by atoms with Crippen molar-refractivity contribution in [3.63, 3.8) is 0 Å². The molecule has 1 N–H and O–H groups in total. The zero-order chi connectivity index (χ0) is 29.2. The maximum Gasteiger partial charge on any atom is 0.458 e. The summed E-state index contributed by atoms with van der Waals surface area (Å²) in [6.45, 7) is 3.06. The van der Waals surface area contributed by atoms with E-state index in [4.69, 9.17) is 5.26 Å². The van der Waals surface area contributed by atoms with E-state index < -0.39 is 17.7 Å². The van der Waals surface area contributed by atoms with E-state index in [9.17, 15) is 31.5 Å². The van der Waals surface area contributed by atoms with Gasteiger partial charge in [-0.2, -0.15) is 27.2 Å². The lowest BCUT2D eigenvalue weighted by molar-refractivity contribution is -0.289. The van der Waals surface area contributed by atoms with Crippen LogP contribution in [0.3, 0.4) is 0 Å². The molecule has 3 aromatic rings. The minimum atomic E-state index is -5.75. The first kappa shape index (κ1) is 28.9. The fourth-order valence-corrected chi connectivity index (χ4v) is 4.48. The number of Topliss-reactive ketones (excluding diaryl/α,β-unsaturated/α-hetero) is 1. The first-order chi connectivity index (χ1) is 18.8. The van der Waals surface area contributed by atoms with Crippen LogP contribution in [0.2, 0.25) is 0 Å². The maximum atomic E-state index is 14.2. The van der Waals surface area contributed by atoms with E-state index in [2.05, 4.69) is 10.3 Å². The highest BCUT2D eigenvalue weighted by Crippen LogP contribution is 2.45. The van der Waals surface area contributed by atoms with Crippen molar-refractivity contribution in [3.05, 3.63) is 82.0 Å². The predicted molar refractivity (Wildman–Crippen MR) is 139 cm³/mol. The van der Waals surface area contributed by atoms with Crippen LogP contribution in [-0.2, 0) is 23.6 Å². The van der Waals surface area contributed by atoms with E-state index in [0.717, 1.165) is 30.5 Å². The fraction of sp³-hybridized carbons (Fsp3) is 0.333. The highest BCUT2D eigenvalue weighted by atomic mass is 19.4. The number of halogens is 5. The number of carbonyl (C=O) groups is 2. The molecule has 0 unspecified atom stereocenters. The van der Waals surface area contributed by atoms with Crippen molar-refractivity contribution in [1.82, 2.24) is 4.98 Å². The van der Waals surface area contributed by atoms with Crippen LogP contribution in [0.25, 0.3) is 11.1 Å². The summed E-state index contributed by atoms with van der Waals surface area (Å²) in [6.07, 6.45) is -3.72. The Hall–Kier alpha value is -4.13. The summed E-state index contributed by atoms with van der Waals surface area (Å²) < 4.78 is 67.6. The van der Waals surface area contributed by atoms with Crippen molar-refractivity contribution in [1.29, 1.82) is 5.26 Å². The zero-order valence-electron chi connectivity index (χ0n) is 21.8. The molecule has 1 aromatic heterocycles. The molecule has 1 fully saturated rings. The second kappa shape index (κ2) is 11.2. The standard InChI is InChI=1S/C30H26F5N3O2/c1-3-20-13-23(29(31,32)30(33,34)35)12-17(2)27(20)22-14-24(37-26(15-22)38-28(40)21-9-10-21)25(39)11-8-18-4-6-19(16-36)7-5-18/h4-7,12-15,21H,3,8-11H2,1-2H3,(H,37,38,40). The molecule has 1 aliphatic carbocycles. The van der Waals surface area contributed by atoms with Crippen LogP contribution in [-0.4, -0.2) is 22.9 Å². The lowest BCUT2D eigenvalue weighted by atomic mass is 9.89. The Balaban J connectivity index is 1.73. The summed E-state index contributed by atoms with van der Waals surface area (Å²) in [5.74, 6) is -5.69. The molecule has 0 saturated heterocycles. The number of rotatable bonds is 9. The lowest BCUT2D eigenvalue weighted by Crippen LogP contribution is -2.33. The topological polar surface area (TPSA) is 82.8 Å². The third-order valence-corrected chi connectivity index (χ3v) is 6.84. The average Bonchev–Trinajstić information content (AvgIpc) is 3.76. The van der Waals surface area contributed by atoms with Gasteiger partial charge in [0.1, 0.15) is 11.5 Å². The average molecular weight is 556 g/mol. The van der Waals surface area contributed by atoms with Crippen molar-refractivity contribution < 1.29 is 31.5 Å². The molecule has 4 rings (SSSR count). The molecule has 10 heteroatoms. The number of hydrogen-bond donors (Lipinski definition) is 1. The van der Waals surface area contributed by atoms with Crippen LogP contribution in [0.15, 0.2) is 48.5 Å². The Morgan fingerprint density at radius 3 is 2.30 bits per heavy atom. The number of nitrogens with one attached hydrogen (secondary N) is 1. The van der Waals surface area contributed by atoms with E-state index in [1.165, 1.54) is 19.1 Å². The number of aryl methyl sites for hydroxylation is 3. The van der Waals surface area contributed by atoms with Gasteiger partial charge in [0.15, 0.2) is 5.78 Å². The van der Waals surface area contributed by atoms with Crippen LogP contribution in [0.5, 0.6) is 0 Å². The van der Waals surface area contributed by atoms with Gasteiger partial charge in [-0.05, 0) is 96.8 Å². The molecule has 0 spiro atoms. The predicted octanol–water partition coefficient (Wildman–Crippen LogP) is 7.31. The molecule has 1 aliphatic rings. The molecule has 0 aliphatic heterocycles. The number of hydrogen-bond acceptors (Lipinski definition) is 4. The number of amides is 1. The zero-order valence-corrected chi connectivity index (χ0v) is 21.8. The summed E-state index contributed by atoms with van der Waals surface area (Å²) in [6, 6.07) is 13.4. The Bertz CT molecular complexity index is 1490. The first-order valence-electron chi connectivity index (χ1n) is 12.8. The maximum absolute atomic E-state index is 14.2. The SMILES string of the molecule is CCc1cc(C(F)(F)C(F)(F)F)cc(C)c1-c1cc(NC(=O)C2CC2)nc(C(=O)CCc2ccc(C#N)cc2)c1. The summed E-state index contributed by atoms with van der Waals surface area (Å²) >= 11 is 0. The monoisotopic (exact) mass is 555 g/mol. The molecule has 1 saturated carbocycles. The van der Waals surface area contributed by atoms with E-state index in [1.54, 1.807) is 31.2 Å². The van der Waals surface area contributed by atoms with Gasteiger partial charge in [-0.3, -0.25) is 9.59 Å². The molecule has 2 aromatic carbocycles. The fourth-order valence-electron chi connectivity index (χ4n) is 4.48. The lowest BCUT2D eigenvalue weighted by Gasteiger charge is -2.23. The molecule has 208 valence electrons. The van der Waals surface area contributed by atoms with Gasteiger partial charge in [-0.1, -0.05) is 19.1 Å². The van der Waals surface area contributed by atoms with Gasteiger partial charge in [0, 0.05) is 17.9 Å². The van der Waals surface area contributed by atoms with Crippen LogP contribution in [0, 0.1) is 24.2 Å². The quantitative estimate of drug-likeness (QED) is 0.222. The Morgan fingerprint density at radius 2 is 1.73 bits per heavy atom. The van der Waals surface area contributed by atoms with Crippen LogP contribution in [0.1, 0.15) is 64.5 Å². The van der Waals surface area contributed by atoms with Crippen molar-refractivity contribution in [2.24, 2.45) is 5.92 Å². The summed E-state index contributed by atoms with van der Waals surface area (Å²) in [4.78, 5) is 30.0. The smallest absolute Gasteiger partial charge is 0.310 e. The van der Waals surface area contributed by atoms with Gasteiger partial charge >= 0.3 is 12.1 Å². The van der Waals surface area contributed by atoms with E-state index in [0.29, 0.717) is 23.1 Å². The number of benzene rings is 2. The van der Waals surface area contributed by atoms with Crippen LogP contribution < -0.4 is 5.32 Å². The number of alkyl halides is 5. The second-order valence-electron chi connectivity index (χ2n) is 9.87. The normalized spacial score (nSPS) is 13.6.